The van der Waals surface area contributed by atoms with E-state index >= 15 is 0 Å². The predicted octanol–water partition coefficient (Wildman–Crippen LogP) is 3.99. The number of carbonyl (C=O) groups is 2. The van der Waals surface area contributed by atoms with Gasteiger partial charge < -0.3 is 14.2 Å². The molecule has 2 aromatic carbocycles. The summed E-state index contributed by atoms with van der Waals surface area (Å²) < 4.78 is 38.6. The summed E-state index contributed by atoms with van der Waals surface area (Å²) in [5.41, 5.74) is 0.373. The van der Waals surface area contributed by atoms with Crippen LogP contribution < -0.4 is 9.47 Å². The average Bonchev–Trinajstić information content (AvgIpc) is 2.59. The number of esters is 1. The molecule has 0 saturated heterocycles. The molecular weight excluding hydrogens is 358 g/mol. The van der Waals surface area contributed by atoms with Gasteiger partial charge in [-0.3, -0.25) is 4.79 Å². The van der Waals surface area contributed by atoms with Crippen molar-refractivity contribution in [1.29, 1.82) is 0 Å². The summed E-state index contributed by atoms with van der Waals surface area (Å²) in [6, 6.07) is 9.69. The van der Waals surface area contributed by atoms with Gasteiger partial charge in [0.15, 0.2) is 23.9 Å². The number of ketones is 1. The molecule has 0 aliphatic heterocycles. The van der Waals surface area contributed by atoms with E-state index in [0.29, 0.717) is 10.6 Å². The number of benzene rings is 2. The summed E-state index contributed by atoms with van der Waals surface area (Å²) in [6.07, 6.45) is 0. The van der Waals surface area contributed by atoms with Crippen LogP contribution in [-0.2, 0) is 4.74 Å². The Morgan fingerprint density at radius 3 is 2.28 bits per heavy atom. The molecule has 5 nitrogen and oxygen atoms in total. The first-order valence-electron chi connectivity index (χ1n) is 6.99. The molecule has 0 unspecified atom stereocenters. The van der Waals surface area contributed by atoms with Crippen molar-refractivity contribution in [3.63, 3.8) is 0 Å². The smallest absolute Gasteiger partial charge is 0.387 e. The summed E-state index contributed by atoms with van der Waals surface area (Å²) >= 11 is 5.73. The van der Waals surface area contributed by atoms with Gasteiger partial charge in [0.25, 0.3) is 0 Å². The maximum atomic E-state index is 12.3. The molecule has 2 rings (SSSR count). The third-order valence-electron chi connectivity index (χ3n) is 3.12. The van der Waals surface area contributed by atoms with Gasteiger partial charge in [0, 0.05) is 10.6 Å². The number of halogens is 3. The molecule has 25 heavy (non-hydrogen) atoms. The number of hydrogen-bond acceptors (Lipinski definition) is 5. The van der Waals surface area contributed by atoms with E-state index in [9.17, 15) is 18.4 Å². The molecule has 0 atom stereocenters. The number of Topliss-reactive ketones (excluding diaryl/α,β-unsaturated/α-hetero) is 1. The molecule has 0 aliphatic rings. The van der Waals surface area contributed by atoms with E-state index in [1.807, 2.05) is 0 Å². The first-order valence-corrected chi connectivity index (χ1v) is 7.37. The zero-order chi connectivity index (χ0) is 18.4. The van der Waals surface area contributed by atoms with Crippen LogP contribution >= 0.6 is 11.6 Å². The first kappa shape index (κ1) is 18.7. The fraction of sp³-hybridized carbons (Fsp3) is 0.176. The van der Waals surface area contributed by atoms with E-state index < -0.39 is 25.0 Å². The van der Waals surface area contributed by atoms with Crippen molar-refractivity contribution in [1.82, 2.24) is 0 Å². The van der Waals surface area contributed by atoms with Gasteiger partial charge in [-0.2, -0.15) is 8.78 Å². The molecule has 8 heteroatoms. The van der Waals surface area contributed by atoms with Crippen molar-refractivity contribution in [2.45, 2.75) is 6.61 Å². The Morgan fingerprint density at radius 2 is 1.68 bits per heavy atom. The number of hydrogen-bond donors (Lipinski definition) is 0. The highest BCUT2D eigenvalue weighted by Gasteiger charge is 2.16. The molecule has 0 saturated carbocycles. The first-order chi connectivity index (χ1) is 11.9. The molecule has 0 fully saturated rings. The summed E-state index contributed by atoms with van der Waals surface area (Å²) in [5, 5.41) is 0.478. The highest BCUT2D eigenvalue weighted by atomic mass is 35.5. The molecule has 0 aromatic heterocycles. The number of carbonyl (C=O) groups excluding carboxylic acids is 2. The minimum absolute atomic E-state index is 0.0300. The van der Waals surface area contributed by atoms with E-state index in [1.165, 1.54) is 31.4 Å². The Balaban J connectivity index is 2.02. The van der Waals surface area contributed by atoms with Gasteiger partial charge in [0.05, 0.1) is 12.7 Å². The normalized spacial score (nSPS) is 10.4. The van der Waals surface area contributed by atoms with Crippen LogP contribution in [-0.4, -0.2) is 32.1 Å². The number of alkyl halides is 2. The Hall–Kier alpha value is -2.67. The maximum absolute atomic E-state index is 12.3. The molecule has 132 valence electrons. The Kier molecular flexibility index (Phi) is 6.30. The van der Waals surface area contributed by atoms with Crippen LogP contribution in [0.2, 0.25) is 5.02 Å². The largest absolute Gasteiger partial charge is 0.493 e. The number of ether oxygens (including phenoxy) is 3. The van der Waals surface area contributed by atoms with Crippen molar-refractivity contribution in [2.75, 3.05) is 13.7 Å². The van der Waals surface area contributed by atoms with Gasteiger partial charge in [-0.25, -0.2) is 4.79 Å². The zero-order valence-corrected chi connectivity index (χ0v) is 13.8. The lowest BCUT2D eigenvalue weighted by molar-refractivity contribution is -0.0512. The lowest BCUT2D eigenvalue weighted by Gasteiger charge is -2.11. The molecule has 0 aliphatic carbocycles. The molecular formula is C17H13ClF2O5. The molecule has 0 heterocycles. The van der Waals surface area contributed by atoms with E-state index in [-0.39, 0.29) is 17.1 Å². The predicted molar refractivity (Wildman–Crippen MR) is 85.7 cm³/mol. The van der Waals surface area contributed by atoms with Gasteiger partial charge in [-0.05, 0) is 42.5 Å². The van der Waals surface area contributed by atoms with Crippen molar-refractivity contribution in [2.24, 2.45) is 0 Å². The van der Waals surface area contributed by atoms with Crippen LogP contribution in [0.25, 0.3) is 0 Å². The number of methoxy groups -OCH3 is 1. The summed E-state index contributed by atoms with van der Waals surface area (Å²) in [7, 11) is 1.24. The lowest BCUT2D eigenvalue weighted by Crippen LogP contribution is -2.14. The van der Waals surface area contributed by atoms with Gasteiger partial charge >= 0.3 is 12.6 Å². The molecule has 0 bridgehead atoms. The van der Waals surface area contributed by atoms with Crippen molar-refractivity contribution in [3.8, 4) is 11.5 Å². The van der Waals surface area contributed by atoms with Crippen LogP contribution in [0.5, 0.6) is 11.5 Å². The minimum atomic E-state index is -3.02. The van der Waals surface area contributed by atoms with Crippen LogP contribution in [0, 0.1) is 0 Å². The Morgan fingerprint density at radius 1 is 1.04 bits per heavy atom. The van der Waals surface area contributed by atoms with Gasteiger partial charge in [-0.15, -0.1) is 0 Å². The Labute approximate surface area is 147 Å². The van der Waals surface area contributed by atoms with Crippen LogP contribution in [0.1, 0.15) is 20.7 Å². The average molecular weight is 371 g/mol. The highest BCUT2D eigenvalue weighted by molar-refractivity contribution is 6.30. The van der Waals surface area contributed by atoms with E-state index in [4.69, 9.17) is 21.1 Å². The highest BCUT2D eigenvalue weighted by Crippen LogP contribution is 2.29. The second kappa shape index (κ2) is 8.43. The summed E-state index contributed by atoms with van der Waals surface area (Å²) in [6.45, 7) is -3.50. The summed E-state index contributed by atoms with van der Waals surface area (Å²) in [5.74, 6) is -1.48. The van der Waals surface area contributed by atoms with Crippen LogP contribution in [0.3, 0.4) is 0 Å². The van der Waals surface area contributed by atoms with Crippen LogP contribution in [0.4, 0.5) is 8.78 Å². The SMILES string of the molecule is COc1cc(C(=O)OCC(=O)c2ccc(Cl)cc2)ccc1OC(F)F. The fourth-order valence-corrected chi connectivity index (χ4v) is 2.05. The second-order valence-electron chi connectivity index (χ2n) is 4.75. The molecule has 0 spiro atoms. The molecule has 2 aromatic rings. The van der Waals surface area contributed by atoms with Crippen molar-refractivity contribution in [3.05, 3.63) is 58.6 Å². The minimum Gasteiger partial charge on any atom is -0.493 e. The third-order valence-corrected chi connectivity index (χ3v) is 3.37. The zero-order valence-electron chi connectivity index (χ0n) is 13.0. The van der Waals surface area contributed by atoms with E-state index in [1.54, 1.807) is 12.1 Å². The quantitative estimate of drug-likeness (QED) is 0.544. The third kappa shape index (κ3) is 5.15. The number of rotatable bonds is 7. The fourth-order valence-electron chi connectivity index (χ4n) is 1.92. The molecule has 0 radical (unpaired) electrons. The van der Waals surface area contributed by atoms with Gasteiger partial charge in [0.1, 0.15) is 0 Å². The van der Waals surface area contributed by atoms with Gasteiger partial charge in [-0.1, -0.05) is 11.6 Å². The summed E-state index contributed by atoms with van der Waals surface area (Å²) in [4.78, 5) is 23.9. The Bertz CT molecular complexity index is 762. The van der Waals surface area contributed by atoms with Crippen LogP contribution in [0.15, 0.2) is 42.5 Å². The van der Waals surface area contributed by atoms with Crippen molar-refractivity contribution < 1.29 is 32.6 Å². The molecule has 0 amide bonds. The topological polar surface area (TPSA) is 61.8 Å². The molecule has 0 N–H and O–H groups in total. The monoisotopic (exact) mass is 370 g/mol. The van der Waals surface area contributed by atoms with Crippen molar-refractivity contribution >= 4 is 23.4 Å². The standard InChI is InChI=1S/C17H13ClF2O5/c1-23-15-8-11(4-7-14(15)25-17(19)20)16(22)24-9-13(21)10-2-5-12(18)6-3-10/h2-8,17H,9H2,1H3. The maximum Gasteiger partial charge on any atom is 0.387 e. The lowest BCUT2D eigenvalue weighted by atomic mass is 10.1. The second-order valence-corrected chi connectivity index (χ2v) is 5.19. The van der Waals surface area contributed by atoms with E-state index in [0.717, 1.165) is 6.07 Å². The van der Waals surface area contributed by atoms with Gasteiger partial charge in [0.2, 0.25) is 0 Å². The van der Waals surface area contributed by atoms with E-state index in [2.05, 4.69) is 4.74 Å².